The number of urea groups is 1. The number of piperidine rings is 1. The summed E-state index contributed by atoms with van der Waals surface area (Å²) in [5, 5.41) is 13.2. The van der Waals surface area contributed by atoms with Crippen molar-refractivity contribution in [2.75, 3.05) is 10.6 Å². The van der Waals surface area contributed by atoms with Gasteiger partial charge in [0.25, 0.3) is 0 Å². The van der Waals surface area contributed by atoms with Crippen molar-refractivity contribution >= 4 is 34.2 Å². The molecule has 3 heterocycles. The number of nitrogens with zero attached hydrogens (tertiary/aromatic N) is 3. The molecule has 2 unspecified atom stereocenters. The minimum absolute atomic E-state index is 0.165. The molecule has 2 bridgehead atoms. The first-order valence-electron chi connectivity index (χ1n) is 17.2. The Morgan fingerprint density at radius 2 is 1.52 bits per heavy atom. The van der Waals surface area contributed by atoms with Crippen LogP contribution in [-0.2, 0) is 23.1 Å². The van der Waals surface area contributed by atoms with E-state index in [2.05, 4.69) is 91.8 Å². The van der Waals surface area contributed by atoms with Crippen LogP contribution in [0.25, 0.3) is 16.5 Å². The maximum Gasteiger partial charge on any atom is 0.324 e. The molecule has 2 aliphatic heterocycles. The standard InChI is InChI=1S/C41H45N5O2/c1-27-12-18-33(19-13-27)46-38(26-37(44-46)41(2,3)4)43-40(48)42-32-16-14-28(15-17-32)22-29-23-34-20-21-35(24-29)45(34)39(47)25-31-10-7-9-30-8-5-6-11-36(30)31/h5-19,26,29,34-35H,20-25H2,1-4H3,(H2,42,43,48). The molecule has 2 saturated heterocycles. The summed E-state index contributed by atoms with van der Waals surface area (Å²) in [5.41, 5.74) is 5.91. The molecular weight excluding hydrogens is 594 g/mol. The zero-order valence-corrected chi connectivity index (χ0v) is 28.4. The second kappa shape index (κ2) is 12.9. The molecule has 0 radical (unpaired) electrons. The summed E-state index contributed by atoms with van der Waals surface area (Å²) in [6.45, 7) is 8.39. The number of hydrogen-bond donors (Lipinski definition) is 2. The number of carbonyl (C=O) groups is 2. The van der Waals surface area contributed by atoms with E-state index in [0.717, 1.165) is 54.7 Å². The summed E-state index contributed by atoms with van der Waals surface area (Å²) in [4.78, 5) is 29.0. The van der Waals surface area contributed by atoms with E-state index in [1.54, 1.807) is 4.68 Å². The Bertz CT molecular complexity index is 1920. The van der Waals surface area contributed by atoms with Gasteiger partial charge in [-0.3, -0.25) is 10.1 Å². The van der Waals surface area contributed by atoms with Gasteiger partial charge in [0.2, 0.25) is 5.91 Å². The van der Waals surface area contributed by atoms with Gasteiger partial charge in [0.15, 0.2) is 0 Å². The minimum Gasteiger partial charge on any atom is -0.336 e. The first-order chi connectivity index (χ1) is 23.1. The molecule has 2 N–H and O–H groups in total. The third kappa shape index (κ3) is 6.73. The van der Waals surface area contributed by atoms with Crippen molar-refractivity contribution in [1.82, 2.24) is 14.7 Å². The summed E-state index contributed by atoms with van der Waals surface area (Å²) in [5.74, 6) is 1.43. The first kappa shape index (κ1) is 31.7. The van der Waals surface area contributed by atoms with Crippen LogP contribution in [0.15, 0.2) is 97.1 Å². The number of anilines is 2. The van der Waals surface area contributed by atoms with Crippen LogP contribution in [0.1, 0.15) is 68.8 Å². The smallest absolute Gasteiger partial charge is 0.324 e. The number of fused-ring (bicyclic) bond motifs is 3. The van der Waals surface area contributed by atoms with Gasteiger partial charge in [0, 0.05) is 29.3 Å². The molecule has 7 nitrogen and oxygen atoms in total. The van der Waals surface area contributed by atoms with Gasteiger partial charge in [-0.1, -0.05) is 93.1 Å². The van der Waals surface area contributed by atoms with Crippen molar-refractivity contribution in [1.29, 1.82) is 0 Å². The predicted molar refractivity (Wildman–Crippen MR) is 194 cm³/mol. The molecule has 7 heteroatoms. The molecule has 0 saturated carbocycles. The van der Waals surface area contributed by atoms with Gasteiger partial charge < -0.3 is 10.2 Å². The Labute approximate surface area is 283 Å². The lowest BCUT2D eigenvalue weighted by atomic mass is 9.85. The average Bonchev–Trinajstić information content (AvgIpc) is 3.61. The number of aryl methyl sites for hydroxylation is 1. The summed E-state index contributed by atoms with van der Waals surface area (Å²) < 4.78 is 1.79. The number of aromatic nitrogens is 2. The van der Waals surface area contributed by atoms with Crippen molar-refractivity contribution in [2.45, 2.75) is 83.7 Å². The zero-order valence-electron chi connectivity index (χ0n) is 28.4. The highest BCUT2D eigenvalue weighted by atomic mass is 16.2. The SMILES string of the molecule is Cc1ccc(-n2nc(C(C)(C)C)cc2NC(=O)Nc2ccc(CC3CC4CCC(C3)N4C(=O)Cc3cccc4ccccc34)cc2)cc1. The van der Waals surface area contributed by atoms with E-state index in [9.17, 15) is 9.59 Å². The molecule has 246 valence electrons. The van der Waals surface area contributed by atoms with Gasteiger partial charge in [0.1, 0.15) is 5.82 Å². The Kier molecular flexibility index (Phi) is 8.54. The van der Waals surface area contributed by atoms with Gasteiger partial charge in [-0.25, -0.2) is 9.48 Å². The normalized spacial score (nSPS) is 19.0. The van der Waals surface area contributed by atoms with Crippen molar-refractivity contribution in [3.8, 4) is 5.69 Å². The lowest BCUT2D eigenvalue weighted by Crippen LogP contribution is -2.47. The summed E-state index contributed by atoms with van der Waals surface area (Å²) in [6, 6.07) is 33.2. The van der Waals surface area contributed by atoms with E-state index < -0.39 is 0 Å². The molecule has 48 heavy (non-hydrogen) atoms. The van der Waals surface area contributed by atoms with Gasteiger partial charge in [0.05, 0.1) is 17.8 Å². The Morgan fingerprint density at radius 3 is 2.23 bits per heavy atom. The molecule has 7 rings (SSSR count). The largest absolute Gasteiger partial charge is 0.336 e. The fourth-order valence-corrected chi connectivity index (χ4v) is 7.62. The molecule has 2 fully saturated rings. The Balaban J connectivity index is 0.958. The van der Waals surface area contributed by atoms with Crippen molar-refractivity contribution < 1.29 is 9.59 Å². The van der Waals surface area contributed by atoms with E-state index >= 15 is 0 Å². The molecular formula is C41H45N5O2. The second-order valence-corrected chi connectivity index (χ2v) is 14.7. The Morgan fingerprint density at radius 1 is 0.833 bits per heavy atom. The van der Waals surface area contributed by atoms with Crippen LogP contribution in [0.5, 0.6) is 0 Å². The average molecular weight is 640 g/mol. The number of nitrogens with one attached hydrogen (secondary N) is 2. The maximum absolute atomic E-state index is 13.6. The van der Waals surface area contributed by atoms with Crippen LogP contribution in [0.4, 0.5) is 16.3 Å². The summed E-state index contributed by atoms with van der Waals surface area (Å²) >= 11 is 0. The highest BCUT2D eigenvalue weighted by Crippen LogP contribution is 2.40. The summed E-state index contributed by atoms with van der Waals surface area (Å²) in [6.07, 6.45) is 5.74. The fourth-order valence-electron chi connectivity index (χ4n) is 7.62. The minimum atomic E-state index is -0.311. The van der Waals surface area contributed by atoms with E-state index in [4.69, 9.17) is 5.10 Å². The van der Waals surface area contributed by atoms with Crippen LogP contribution in [0, 0.1) is 12.8 Å². The van der Waals surface area contributed by atoms with E-state index in [1.807, 2.05) is 48.5 Å². The Hall–Kier alpha value is -4.91. The number of hydrogen-bond acceptors (Lipinski definition) is 3. The highest BCUT2D eigenvalue weighted by Gasteiger charge is 2.42. The first-order valence-corrected chi connectivity index (χ1v) is 17.2. The number of carbonyl (C=O) groups excluding carboxylic acids is 2. The van der Waals surface area contributed by atoms with Crippen LogP contribution < -0.4 is 10.6 Å². The molecule has 1 aromatic heterocycles. The van der Waals surface area contributed by atoms with Crippen molar-refractivity contribution in [3.63, 3.8) is 0 Å². The third-order valence-corrected chi connectivity index (χ3v) is 10.1. The van der Waals surface area contributed by atoms with E-state index in [1.165, 1.54) is 21.9 Å². The molecule has 3 amide bonds. The molecule has 4 aromatic carbocycles. The number of benzene rings is 4. The van der Waals surface area contributed by atoms with E-state index in [0.29, 0.717) is 30.2 Å². The van der Waals surface area contributed by atoms with Crippen LogP contribution in [0.3, 0.4) is 0 Å². The number of amides is 3. The second-order valence-electron chi connectivity index (χ2n) is 14.7. The number of rotatable bonds is 7. The predicted octanol–water partition coefficient (Wildman–Crippen LogP) is 8.83. The van der Waals surface area contributed by atoms with Crippen LogP contribution in [0.2, 0.25) is 0 Å². The lowest BCUT2D eigenvalue weighted by molar-refractivity contribution is -0.135. The fraction of sp³-hybridized carbons (Fsp3) is 0.341. The van der Waals surface area contributed by atoms with Gasteiger partial charge in [-0.2, -0.15) is 5.10 Å². The molecule has 2 atom stereocenters. The molecule has 0 spiro atoms. The summed E-state index contributed by atoms with van der Waals surface area (Å²) in [7, 11) is 0. The molecule has 2 aliphatic rings. The van der Waals surface area contributed by atoms with Crippen molar-refractivity contribution in [3.05, 3.63) is 119 Å². The van der Waals surface area contributed by atoms with Gasteiger partial charge in [-0.05, 0) is 91.1 Å². The topological polar surface area (TPSA) is 79.3 Å². The lowest BCUT2D eigenvalue weighted by Gasteiger charge is -2.39. The van der Waals surface area contributed by atoms with Gasteiger partial charge in [-0.15, -0.1) is 0 Å². The van der Waals surface area contributed by atoms with Crippen LogP contribution >= 0.6 is 0 Å². The quantitative estimate of drug-likeness (QED) is 0.187. The van der Waals surface area contributed by atoms with E-state index in [-0.39, 0.29) is 17.4 Å². The third-order valence-electron chi connectivity index (χ3n) is 10.1. The monoisotopic (exact) mass is 639 g/mol. The maximum atomic E-state index is 13.6. The molecule has 0 aliphatic carbocycles. The van der Waals surface area contributed by atoms with Crippen molar-refractivity contribution in [2.24, 2.45) is 5.92 Å². The van der Waals surface area contributed by atoms with Gasteiger partial charge >= 0.3 is 6.03 Å². The highest BCUT2D eigenvalue weighted by molar-refractivity contribution is 5.99. The zero-order chi connectivity index (χ0) is 33.4. The molecule has 5 aromatic rings. The van der Waals surface area contributed by atoms with Crippen LogP contribution in [-0.4, -0.2) is 38.7 Å².